The molecule has 1 aromatic carbocycles. The van der Waals surface area contributed by atoms with E-state index in [0.29, 0.717) is 18.6 Å². The third kappa shape index (κ3) is 2.86. The van der Waals surface area contributed by atoms with Crippen molar-refractivity contribution >= 4 is 11.6 Å². The molecule has 0 spiro atoms. The summed E-state index contributed by atoms with van der Waals surface area (Å²) in [7, 11) is 0. The van der Waals surface area contributed by atoms with Crippen molar-refractivity contribution in [2.24, 2.45) is 0 Å². The average Bonchev–Trinajstić information content (AvgIpc) is 2.77. The third-order valence-electron chi connectivity index (χ3n) is 2.60. The molecule has 19 heavy (non-hydrogen) atoms. The molecule has 1 heterocycles. The number of rotatable bonds is 3. The zero-order valence-corrected chi connectivity index (χ0v) is 10.0. The van der Waals surface area contributed by atoms with Crippen LogP contribution in [0, 0.1) is 5.82 Å². The molecule has 0 unspecified atom stereocenters. The van der Waals surface area contributed by atoms with Crippen molar-refractivity contribution in [3.63, 3.8) is 0 Å². The maximum atomic E-state index is 13.5. The van der Waals surface area contributed by atoms with Gasteiger partial charge in [0.25, 0.3) is 0 Å². The third-order valence-corrected chi connectivity index (χ3v) is 2.60. The molecule has 0 aliphatic carbocycles. The van der Waals surface area contributed by atoms with Crippen LogP contribution in [0.4, 0.5) is 29.2 Å². The first-order valence-electron chi connectivity index (χ1n) is 5.56. The van der Waals surface area contributed by atoms with E-state index in [1.54, 1.807) is 10.8 Å². The molecule has 1 N–H and O–H groups in total. The van der Waals surface area contributed by atoms with Gasteiger partial charge < -0.3 is 9.88 Å². The SMILES string of the molecule is CCn1ccnc1Nc1cc(C(F)(F)F)ccc1F. The Balaban J connectivity index is 2.34. The van der Waals surface area contributed by atoms with Gasteiger partial charge in [0.15, 0.2) is 0 Å². The van der Waals surface area contributed by atoms with E-state index in [0.717, 1.165) is 12.1 Å². The molecule has 0 bridgehead atoms. The van der Waals surface area contributed by atoms with E-state index in [4.69, 9.17) is 0 Å². The van der Waals surface area contributed by atoms with Gasteiger partial charge in [-0.1, -0.05) is 0 Å². The van der Waals surface area contributed by atoms with Gasteiger partial charge in [0.1, 0.15) is 5.82 Å². The normalized spacial score (nSPS) is 11.6. The number of benzene rings is 1. The molecule has 2 rings (SSSR count). The van der Waals surface area contributed by atoms with Crippen LogP contribution in [0.2, 0.25) is 0 Å². The lowest BCUT2D eigenvalue weighted by Crippen LogP contribution is -2.08. The molecule has 0 saturated heterocycles. The van der Waals surface area contributed by atoms with Crippen LogP contribution in [0.1, 0.15) is 12.5 Å². The molecule has 0 aliphatic heterocycles. The molecule has 0 aliphatic rings. The summed E-state index contributed by atoms with van der Waals surface area (Å²) in [5.74, 6) is -0.473. The zero-order valence-electron chi connectivity index (χ0n) is 10.0. The monoisotopic (exact) mass is 273 g/mol. The maximum absolute atomic E-state index is 13.5. The summed E-state index contributed by atoms with van der Waals surface area (Å²) in [4.78, 5) is 3.92. The standard InChI is InChI=1S/C12H11F4N3/c1-2-19-6-5-17-11(19)18-10-7-8(12(14,15)16)3-4-9(10)13/h3-7H,2H2,1H3,(H,17,18). The summed E-state index contributed by atoms with van der Waals surface area (Å²) in [6.45, 7) is 2.41. The second-order valence-corrected chi connectivity index (χ2v) is 3.85. The Morgan fingerprint density at radius 1 is 1.32 bits per heavy atom. The predicted molar refractivity (Wildman–Crippen MR) is 62.6 cm³/mol. The molecule has 7 heteroatoms. The van der Waals surface area contributed by atoms with Crippen molar-refractivity contribution < 1.29 is 17.6 Å². The van der Waals surface area contributed by atoms with Crippen LogP contribution in [0.15, 0.2) is 30.6 Å². The van der Waals surface area contributed by atoms with E-state index in [2.05, 4.69) is 10.3 Å². The molecular formula is C12H11F4N3. The lowest BCUT2D eigenvalue weighted by atomic mass is 10.2. The van der Waals surface area contributed by atoms with Gasteiger partial charge in [-0.05, 0) is 25.1 Å². The quantitative estimate of drug-likeness (QED) is 0.862. The van der Waals surface area contributed by atoms with Gasteiger partial charge in [-0.25, -0.2) is 9.37 Å². The second kappa shape index (κ2) is 4.91. The topological polar surface area (TPSA) is 29.9 Å². The summed E-state index contributed by atoms with van der Waals surface area (Å²) in [6.07, 6.45) is -1.38. The minimum atomic E-state index is -4.51. The number of nitrogens with one attached hydrogen (secondary N) is 1. The Bertz CT molecular complexity index is 575. The minimum Gasteiger partial charge on any atom is -0.323 e. The van der Waals surface area contributed by atoms with E-state index in [-0.39, 0.29) is 5.69 Å². The first-order chi connectivity index (χ1) is 8.91. The zero-order chi connectivity index (χ0) is 14.0. The smallest absolute Gasteiger partial charge is 0.323 e. The van der Waals surface area contributed by atoms with Crippen LogP contribution in [0.5, 0.6) is 0 Å². The number of imidazole rings is 1. The minimum absolute atomic E-state index is 0.254. The largest absolute Gasteiger partial charge is 0.416 e. The fourth-order valence-electron chi connectivity index (χ4n) is 1.61. The van der Waals surface area contributed by atoms with E-state index >= 15 is 0 Å². The van der Waals surface area contributed by atoms with Crippen molar-refractivity contribution in [1.82, 2.24) is 9.55 Å². The molecule has 102 valence electrons. The first kappa shape index (κ1) is 13.4. The summed E-state index contributed by atoms with van der Waals surface area (Å²) >= 11 is 0. The number of aromatic nitrogens is 2. The summed E-state index contributed by atoms with van der Waals surface area (Å²) in [6, 6.07) is 2.21. The van der Waals surface area contributed by atoms with Gasteiger partial charge in [0.2, 0.25) is 5.95 Å². The van der Waals surface area contributed by atoms with Gasteiger partial charge in [-0.3, -0.25) is 0 Å². The number of halogens is 4. The van der Waals surface area contributed by atoms with Crippen molar-refractivity contribution in [3.8, 4) is 0 Å². The molecule has 0 saturated carbocycles. The van der Waals surface area contributed by atoms with Gasteiger partial charge in [0, 0.05) is 18.9 Å². The molecule has 2 aromatic rings. The Labute approximate surface area is 106 Å². The van der Waals surface area contributed by atoms with E-state index in [9.17, 15) is 17.6 Å². The molecule has 0 fully saturated rings. The van der Waals surface area contributed by atoms with Gasteiger partial charge in [0.05, 0.1) is 11.3 Å². The van der Waals surface area contributed by atoms with Crippen LogP contribution in [-0.2, 0) is 12.7 Å². The Hall–Kier alpha value is -2.05. The highest BCUT2D eigenvalue weighted by Crippen LogP contribution is 2.32. The lowest BCUT2D eigenvalue weighted by molar-refractivity contribution is -0.137. The summed E-state index contributed by atoms with van der Waals surface area (Å²) in [5, 5.41) is 2.56. The van der Waals surface area contributed by atoms with Gasteiger partial charge in [-0.2, -0.15) is 13.2 Å². The number of hydrogen-bond donors (Lipinski definition) is 1. The summed E-state index contributed by atoms with van der Waals surface area (Å²) < 4.78 is 52.8. The van der Waals surface area contributed by atoms with Gasteiger partial charge in [-0.15, -0.1) is 0 Å². The highest BCUT2D eigenvalue weighted by Gasteiger charge is 2.31. The summed E-state index contributed by atoms with van der Waals surface area (Å²) in [5.41, 5.74) is -1.17. The molecule has 0 amide bonds. The average molecular weight is 273 g/mol. The second-order valence-electron chi connectivity index (χ2n) is 3.85. The molecule has 0 atom stereocenters. The Kier molecular flexibility index (Phi) is 3.46. The molecule has 3 nitrogen and oxygen atoms in total. The van der Waals surface area contributed by atoms with Crippen LogP contribution in [-0.4, -0.2) is 9.55 Å². The van der Waals surface area contributed by atoms with Crippen LogP contribution in [0.3, 0.4) is 0 Å². The number of alkyl halides is 3. The van der Waals surface area contributed by atoms with E-state index in [1.165, 1.54) is 6.20 Å². The van der Waals surface area contributed by atoms with Crippen molar-refractivity contribution in [1.29, 1.82) is 0 Å². The Morgan fingerprint density at radius 2 is 2.05 bits per heavy atom. The number of aryl methyl sites for hydroxylation is 1. The van der Waals surface area contributed by atoms with Crippen LogP contribution < -0.4 is 5.32 Å². The van der Waals surface area contributed by atoms with E-state index < -0.39 is 17.6 Å². The maximum Gasteiger partial charge on any atom is 0.416 e. The van der Waals surface area contributed by atoms with Crippen molar-refractivity contribution in [2.75, 3.05) is 5.32 Å². The fourth-order valence-corrected chi connectivity index (χ4v) is 1.61. The van der Waals surface area contributed by atoms with Crippen molar-refractivity contribution in [2.45, 2.75) is 19.6 Å². The van der Waals surface area contributed by atoms with E-state index in [1.807, 2.05) is 6.92 Å². The van der Waals surface area contributed by atoms with Crippen LogP contribution in [0.25, 0.3) is 0 Å². The van der Waals surface area contributed by atoms with Gasteiger partial charge >= 0.3 is 6.18 Å². The van der Waals surface area contributed by atoms with Crippen LogP contribution >= 0.6 is 0 Å². The fraction of sp³-hybridized carbons (Fsp3) is 0.250. The number of nitrogens with zero attached hydrogens (tertiary/aromatic N) is 2. The molecule has 1 aromatic heterocycles. The van der Waals surface area contributed by atoms with Crippen molar-refractivity contribution in [3.05, 3.63) is 42.0 Å². The highest BCUT2D eigenvalue weighted by atomic mass is 19.4. The highest BCUT2D eigenvalue weighted by molar-refractivity contribution is 5.56. The predicted octanol–water partition coefficient (Wildman–Crippen LogP) is 3.80. The lowest BCUT2D eigenvalue weighted by Gasteiger charge is -2.12. The number of hydrogen-bond acceptors (Lipinski definition) is 2. The molecule has 0 radical (unpaired) electrons. The molecular weight excluding hydrogens is 262 g/mol. The Morgan fingerprint density at radius 3 is 2.68 bits per heavy atom. The number of anilines is 2. The first-order valence-corrected chi connectivity index (χ1v) is 5.56.